The number of carbonyl (C=O) groups excluding carboxylic acids is 1. The number of sulfonamides is 1. The van der Waals surface area contributed by atoms with E-state index in [2.05, 4.69) is 4.72 Å². The van der Waals surface area contributed by atoms with Crippen molar-refractivity contribution in [1.82, 2.24) is 0 Å². The molecule has 0 aliphatic heterocycles. The summed E-state index contributed by atoms with van der Waals surface area (Å²) in [5.74, 6) is -1.44. The summed E-state index contributed by atoms with van der Waals surface area (Å²) in [6.07, 6.45) is 2.10. The van der Waals surface area contributed by atoms with Crippen LogP contribution in [0.15, 0.2) is 47.4 Å². The fraction of sp³-hybridized carbons (Fsp3) is 0.158. The minimum atomic E-state index is -4.19. The van der Waals surface area contributed by atoms with Crippen LogP contribution in [0.3, 0.4) is 0 Å². The van der Waals surface area contributed by atoms with Gasteiger partial charge in [0.1, 0.15) is 4.90 Å². The molecule has 0 unspecified atom stereocenters. The number of nitrogens with one attached hydrogen (secondary N) is 1. The Morgan fingerprint density at radius 3 is 2.36 bits per heavy atom. The summed E-state index contributed by atoms with van der Waals surface area (Å²) >= 11 is 0. The maximum Gasteiger partial charge on any atom is 0.328 e. The molecule has 9 heteroatoms. The Morgan fingerprint density at radius 1 is 1.11 bits per heavy atom. The Kier molecular flexibility index (Phi) is 6.42. The lowest BCUT2D eigenvalue weighted by molar-refractivity contribution is -0.131. The fourth-order valence-corrected chi connectivity index (χ4v) is 3.79. The summed E-state index contributed by atoms with van der Waals surface area (Å²) in [5.41, 5.74) is 0.599. The van der Waals surface area contributed by atoms with Crippen molar-refractivity contribution in [3.63, 3.8) is 0 Å². The van der Waals surface area contributed by atoms with Crippen molar-refractivity contribution >= 4 is 33.5 Å². The topological polar surface area (TPSA) is 119 Å². The van der Waals surface area contributed by atoms with Gasteiger partial charge in [-0.05, 0) is 42.8 Å². The first-order valence-electron chi connectivity index (χ1n) is 7.99. The Balaban J connectivity index is 2.62. The van der Waals surface area contributed by atoms with Gasteiger partial charge in [0.25, 0.3) is 10.0 Å². The number of rotatable bonds is 8. The van der Waals surface area contributed by atoms with Crippen molar-refractivity contribution in [3.05, 3.63) is 53.6 Å². The van der Waals surface area contributed by atoms with E-state index in [9.17, 15) is 18.0 Å². The van der Waals surface area contributed by atoms with E-state index in [1.54, 1.807) is 12.1 Å². The molecular weight excluding hydrogens is 386 g/mol. The highest BCUT2D eigenvalue weighted by Crippen LogP contribution is 2.37. The maximum atomic E-state index is 13.0. The average molecular weight is 405 g/mol. The molecule has 2 aromatic rings. The molecule has 0 amide bonds. The summed E-state index contributed by atoms with van der Waals surface area (Å²) < 4.78 is 38.8. The molecule has 0 saturated heterocycles. The van der Waals surface area contributed by atoms with E-state index in [0.29, 0.717) is 0 Å². The van der Waals surface area contributed by atoms with Gasteiger partial charge in [0.05, 0.1) is 19.9 Å². The highest BCUT2D eigenvalue weighted by Gasteiger charge is 2.25. The zero-order valence-corrected chi connectivity index (χ0v) is 16.2. The van der Waals surface area contributed by atoms with Crippen molar-refractivity contribution < 1.29 is 32.6 Å². The summed E-state index contributed by atoms with van der Waals surface area (Å²) in [5, 5.41) is 8.80. The van der Waals surface area contributed by atoms with Gasteiger partial charge < -0.3 is 14.6 Å². The van der Waals surface area contributed by atoms with Crippen LogP contribution in [0.25, 0.3) is 6.08 Å². The van der Waals surface area contributed by atoms with Crippen LogP contribution in [0, 0.1) is 0 Å². The second-order valence-corrected chi connectivity index (χ2v) is 7.28. The molecule has 0 radical (unpaired) electrons. The molecule has 148 valence electrons. The molecule has 0 spiro atoms. The zero-order chi connectivity index (χ0) is 20.9. The van der Waals surface area contributed by atoms with Gasteiger partial charge in [0.15, 0.2) is 17.3 Å². The van der Waals surface area contributed by atoms with Crippen LogP contribution in [0.2, 0.25) is 0 Å². The number of carboxylic acids is 1. The third-order valence-electron chi connectivity index (χ3n) is 3.73. The van der Waals surface area contributed by atoms with Gasteiger partial charge in [-0.25, -0.2) is 13.2 Å². The molecule has 0 bridgehead atoms. The van der Waals surface area contributed by atoms with E-state index in [-0.39, 0.29) is 39.0 Å². The number of hydrogen-bond donors (Lipinski definition) is 2. The minimum absolute atomic E-state index is 0.0530. The normalized spacial score (nSPS) is 11.2. The molecule has 0 heterocycles. The number of Topliss-reactive ketones (excluding diaryl/α,β-unsaturated/α-hetero) is 1. The number of ketones is 1. The second kappa shape index (κ2) is 8.57. The molecule has 0 atom stereocenters. The quantitative estimate of drug-likeness (QED) is 0.512. The molecular formula is C19H19NO7S. The van der Waals surface area contributed by atoms with Gasteiger partial charge in [-0.3, -0.25) is 9.52 Å². The Bertz CT molecular complexity index is 1040. The summed E-state index contributed by atoms with van der Waals surface area (Å²) in [4.78, 5) is 22.3. The molecule has 8 nitrogen and oxygen atoms in total. The highest BCUT2D eigenvalue weighted by molar-refractivity contribution is 7.92. The minimum Gasteiger partial charge on any atom is -0.493 e. The third kappa shape index (κ3) is 4.68. The monoisotopic (exact) mass is 405 g/mol. The van der Waals surface area contributed by atoms with Crippen LogP contribution < -0.4 is 14.2 Å². The van der Waals surface area contributed by atoms with E-state index in [1.165, 1.54) is 51.5 Å². The first-order chi connectivity index (χ1) is 13.2. The number of anilines is 1. The molecule has 2 rings (SSSR count). The van der Waals surface area contributed by atoms with Crippen LogP contribution in [0.1, 0.15) is 22.8 Å². The number of carboxylic acid groups (broad SMARTS) is 1. The lowest BCUT2D eigenvalue weighted by Gasteiger charge is -2.16. The summed E-state index contributed by atoms with van der Waals surface area (Å²) in [6.45, 7) is 1.33. The van der Waals surface area contributed by atoms with Crippen molar-refractivity contribution in [1.29, 1.82) is 0 Å². The predicted octanol–water partition coefficient (Wildman–Crippen LogP) is 2.81. The maximum absolute atomic E-state index is 13.0. The summed E-state index contributed by atoms with van der Waals surface area (Å²) in [7, 11) is -1.58. The molecule has 0 aliphatic carbocycles. The number of ether oxygens (including phenoxy) is 2. The first kappa shape index (κ1) is 21.0. The van der Waals surface area contributed by atoms with E-state index < -0.39 is 16.0 Å². The number of carbonyl (C=O) groups is 2. The van der Waals surface area contributed by atoms with Gasteiger partial charge >= 0.3 is 5.97 Å². The van der Waals surface area contributed by atoms with Gasteiger partial charge in [-0.1, -0.05) is 12.1 Å². The van der Waals surface area contributed by atoms with Crippen LogP contribution in [-0.2, 0) is 14.8 Å². The molecule has 2 aromatic carbocycles. The number of benzene rings is 2. The van der Waals surface area contributed by atoms with E-state index in [1.807, 2.05) is 0 Å². The van der Waals surface area contributed by atoms with Crippen molar-refractivity contribution in [2.24, 2.45) is 0 Å². The van der Waals surface area contributed by atoms with Crippen molar-refractivity contribution in [3.8, 4) is 11.5 Å². The van der Waals surface area contributed by atoms with Crippen LogP contribution in [-0.4, -0.2) is 39.5 Å². The van der Waals surface area contributed by atoms with E-state index >= 15 is 0 Å². The molecule has 0 aliphatic rings. The summed E-state index contributed by atoms with van der Waals surface area (Å²) in [6, 6.07) is 8.88. The second-order valence-electron chi connectivity index (χ2n) is 5.63. The van der Waals surface area contributed by atoms with Crippen molar-refractivity contribution in [2.45, 2.75) is 11.8 Å². The standard InChI is InChI=1S/C19H19NO7S/c1-12(21)14-6-4-5-7-15(14)20-28(24,25)17-11-13(8-9-18(22)23)10-16(26-2)19(17)27-3/h4-11,20H,1-3H3,(H,22,23)/b9-8+. The molecule has 0 fully saturated rings. The van der Waals surface area contributed by atoms with Crippen LogP contribution in [0.5, 0.6) is 11.5 Å². The van der Waals surface area contributed by atoms with Crippen LogP contribution >= 0.6 is 0 Å². The first-order valence-corrected chi connectivity index (χ1v) is 9.47. The van der Waals surface area contributed by atoms with E-state index in [4.69, 9.17) is 14.6 Å². The largest absolute Gasteiger partial charge is 0.493 e. The van der Waals surface area contributed by atoms with Gasteiger partial charge in [-0.2, -0.15) is 0 Å². The lowest BCUT2D eigenvalue weighted by atomic mass is 10.1. The average Bonchev–Trinajstić information content (AvgIpc) is 2.65. The third-order valence-corrected chi connectivity index (χ3v) is 5.10. The van der Waals surface area contributed by atoms with E-state index in [0.717, 1.165) is 6.08 Å². The fourth-order valence-electron chi connectivity index (χ4n) is 2.49. The van der Waals surface area contributed by atoms with Crippen LogP contribution in [0.4, 0.5) is 5.69 Å². The molecule has 28 heavy (non-hydrogen) atoms. The Morgan fingerprint density at radius 2 is 1.79 bits per heavy atom. The molecule has 2 N–H and O–H groups in total. The lowest BCUT2D eigenvalue weighted by Crippen LogP contribution is -2.16. The number of methoxy groups -OCH3 is 2. The smallest absolute Gasteiger partial charge is 0.328 e. The SMILES string of the molecule is COc1cc(/C=C/C(=O)O)cc(S(=O)(=O)Nc2ccccc2C(C)=O)c1OC. The highest BCUT2D eigenvalue weighted by atomic mass is 32.2. The molecule has 0 saturated carbocycles. The number of hydrogen-bond acceptors (Lipinski definition) is 6. The Labute approximate surface area is 162 Å². The Hall–Kier alpha value is -3.33. The zero-order valence-electron chi connectivity index (χ0n) is 15.4. The van der Waals surface area contributed by atoms with Gasteiger partial charge in [-0.15, -0.1) is 0 Å². The predicted molar refractivity (Wildman–Crippen MR) is 103 cm³/mol. The van der Waals surface area contributed by atoms with Gasteiger partial charge in [0, 0.05) is 11.6 Å². The number of para-hydroxylation sites is 1. The van der Waals surface area contributed by atoms with Gasteiger partial charge in [0.2, 0.25) is 0 Å². The van der Waals surface area contributed by atoms with Crippen molar-refractivity contribution in [2.75, 3.05) is 18.9 Å². The molecule has 0 aromatic heterocycles. The number of aliphatic carboxylic acids is 1.